The average Bonchev–Trinajstić information content (AvgIpc) is 3.00. The zero-order valence-corrected chi connectivity index (χ0v) is 15.5. The summed E-state index contributed by atoms with van der Waals surface area (Å²) >= 11 is 0. The van der Waals surface area contributed by atoms with Crippen LogP contribution in [0, 0.1) is 0 Å². The number of fused-ring (bicyclic) bond motifs is 2. The lowest BCUT2D eigenvalue weighted by Gasteiger charge is -2.29. The second kappa shape index (κ2) is 7.26. The lowest BCUT2D eigenvalue weighted by atomic mass is 10.0. The first kappa shape index (κ1) is 17.9. The first-order valence-electron chi connectivity index (χ1n) is 9.27. The zero-order valence-electron chi connectivity index (χ0n) is 14.7. The molecule has 0 radical (unpaired) electrons. The van der Waals surface area contributed by atoms with E-state index < -0.39 is 10.0 Å². The molecule has 3 aliphatic rings. The molecule has 3 aliphatic heterocycles. The molecule has 2 atom stereocenters. The maximum absolute atomic E-state index is 12.7. The van der Waals surface area contributed by atoms with Crippen molar-refractivity contribution in [3.63, 3.8) is 0 Å². The van der Waals surface area contributed by atoms with E-state index >= 15 is 0 Å². The number of amides is 1. The van der Waals surface area contributed by atoms with Gasteiger partial charge in [-0.05, 0) is 49.9 Å². The Balaban J connectivity index is 1.42. The Bertz CT molecular complexity index is 747. The number of nitrogens with zero attached hydrogens (tertiary/aromatic N) is 1. The minimum atomic E-state index is -3.57. The largest absolute Gasteiger partial charge is 0.378 e. The number of carbonyl (C=O) groups excluding carboxylic acids is 1. The third-order valence-electron chi connectivity index (χ3n) is 5.50. The van der Waals surface area contributed by atoms with Crippen molar-refractivity contribution in [1.29, 1.82) is 0 Å². The van der Waals surface area contributed by atoms with E-state index in [0.29, 0.717) is 44.0 Å². The molecule has 0 spiro atoms. The molecule has 142 valence electrons. The summed E-state index contributed by atoms with van der Waals surface area (Å²) in [5.41, 5.74) is 0.505. The van der Waals surface area contributed by atoms with Crippen molar-refractivity contribution >= 4 is 15.9 Å². The molecular formula is C18H25N3O4S. The highest BCUT2D eigenvalue weighted by Crippen LogP contribution is 2.27. The number of rotatable bonds is 4. The van der Waals surface area contributed by atoms with Gasteiger partial charge < -0.3 is 15.0 Å². The van der Waals surface area contributed by atoms with Crippen LogP contribution in [0.4, 0.5) is 0 Å². The zero-order chi connectivity index (χ0) is 18.1. The Labute approximate surface area is 154 Å². The van der Waals surface area contributed by atoms with Crippen molar-refractivity contribution in [2.75, 3.05) is 26.3 Å². The molecule has 2 bridgehead atoms. The van der Waals surface area contributed by atoms with Gasteiger partial charge >= 0.3 is 0 Å². The number of ether oxygens (including phenoxy) is 1. The van der Waals surface area contributed by atoms with E-state index in [-0.39, 0.29) is 16.8 Å². The second-order valence-electron chi connectivity index (χ2n) is 7.36. The van der Waals surface area contributed by atoms with Gasteiger partial charge in [-0.25, -0.2) is 13.1 Å². The molecule has 8 heteroatoms. The van der Waals surface area contributed by atoms with Gasteiger partial charge in [0.1, 0.15) is 0 Å². The van der Waals surface area contributed by atoms with Crippen molar-refractivity contribution in [2.24, 2.45) is 0 Å². The summed E-state index contributed by atoms with van der Waals surface area (Å²) in [5, 5.41) is 3.51. The Morgan fingerprint density at radius 2 is 1.69 bits per heavy atom. The van der Waals surface area contributed by atoms with Gasteiger partial charge in [0.2, 0.25) is 10.0 Å². The number of carbonyl (C=O) groups is 1. The van der Waals surface area contributed by atoms with Gasteiger partial charge in [-0.15, -0.1) is 0 Å². The van der Waals surface area contributed by atoms with Gasteiger partial charge in [-0.1, -0.05) is 0 Å². The highest BCUT2D eigenvalue weighted by atomic mass is 32.2. The molecule has 1 aromatic carbocycles. The van der Waals surface area contributed by atoms with Crippen molar-refractivity contribution in [1.82, 2.24) is 14.9 Å². The summed E-state index contributed by atoms with van der Waals surface area (Å²) in [4.78, 5) is 14.4. The third-order valence-corrected chi connectivity index (χ3v) is 7.04. The van der Waals surface area contributed by atoms with Crippen molar-refractivity contribution in [3.05, 3.63) is 29.8 Å². The highest BCUT2D eigenvalue weighted by molar-refractivity contribution is 7.89. The number of benzene rings is 1. The fraction of sp³-hybridized carbons (Fsp3) is 0.611. The summed E-state index contributed by atoms with van der Waals surface area (Å²) in [6, 6.07) is 7.06. The van der Waals surface area contributed by atoms with Crippen LogP contribution in [0.25, 0.3) is 0 Å². The Kier molecular flexibility index (Phi) is 5.00. The fourth-order valence-corrected chi connectivity index (χ4v) is 5.43. The van der Waals surface area contributed by atoms with Gasteiger partial charge in [0.05, 0.1) is 18.1 Å². The number of nitrogens with one attached hydrogen (secondary N) is 2. The van der Waals surface area contributed by atoms with E-state index in [4.69, 9.17) is 4.74 Å². The maximum Gasteiger partial charge on any atom is 0.254 e. The van der Waals surface area contributed by atoms with Gasteiger partial charge in [0.15, 0.2) is 0 Å². The van der Waals surface area contributed by atoms with E-state index in [1.807, 2.05) is 0 Å². The van der Waals surface area contributed by atoms with Crippen LogP contribution in [0.5, 0.6) is 0 Å². The van der Waals surface area contributed by atoms with Crippen molar-refractivity contribution in [3.8, 4) is 0 Å². The minimum absolute atomic E-state index is 0.0200. The van der Waals surface area contributed by atoms with Crippen molar-refractivity contribution < 1.29 is 17.9 Å². The molecule has 3 fully saturated rings. The van der Waals surface area contributed by atoms with Gasteiger partial charge in [-0.3, -0.25) is 4.79 Å². The Hall–Kier alpha value is -1.48. The first-order chi connectivity index (χ1) is 12.5. The van der Waals surface area contributed by atoms with Crippen LogP contribution in [0.3, 0.4) is 0 Å². The van der Waals surface area contributed by atoms with Crippen LogP contribution in [-0.4, -0.2) is 63.7 Å². The molecular weight excluding hydrogens is 354 g/mol. The Morgan fingerprint density at radius 3 is 2.31 bits per heavy atom. The topological polar surface area (TPSA) is 87.7 Å². The lowest BCUT2D eigenvalue weighted by Crippen LogP contribution is -2.47. The quantitative estimate of drug-likeness (QED) is 0.805. The van der Waals surface area contributed by atoms with E-state index in [1.54, 1.807) is 17.0 Å². The standard InChI is InChI=1S/C18H25N3O4S/c22-18(21-7-9-25-10-8-21)13-1-5-17(6-2-13)26(23,24)20-16-11-14-3-4-15(12-16)19-14/h1-2,5-6,14-16,19-20H,3-4,7-12H2. The number of hydrogen-bond acceptors (Lipinski definition) is 5. The van der Waals surface area contributed by atoms with Crippen LogP contribution in [0.15, 0.2) is 29.2 Å². The molecule has 7 nitrogen and oxygen atoms in total. The summed E-state index contributed by atoms with van der Waals surface area (Å²) in [5.74, 6) is -0.0832. The summed E-state index contributed by atoms with van der Waals surface area (Å²) in [6.45, 7) is 2.22. The Morgan fingerprint density at radius 1 is 1.08 bits per heavy atom. The number of hydrogen-bond donors (Lipinski definition) is 2. The average molecular weight is 379 g/mol. The molecule has 2 unspecified atom stereocenters. The number of piperidine rings is 1. The van der Waals surface area contributed by atoms with Crippen LogP contribution < -0.4 is 10.0 Å². The van der Waals surface area contributed by atoms with E-state index in [2.05, 4.69) is 10.0 Å². The molecule has 0 aliphatic carbocycles. The summed E-state index contributed by atoms with van der Waals surface area (Å²) in [6.07, 6.45) is 3.93. The highest BCUT2D eigenvalue weighted by Gasteiger charge is 2.35. The SMILES string of the molecule is O=C(c1ccc(S(=O)(=O)NC2CC3CCC(C2)N3)cc1)N1CCOCC1. The lowest BCUT2D eigenvalue weighted by molar-refractivity contribution is 0.0303. The van der Waals surface area contributed by atoms with Gasteiger partial charge in [0, 0.05) is 36.8 Å². The van der Waals surface area contributed by atoms with Gasteiger partial charge in [0.25, 0.3) is 5.91 Å². The number of sulfonamides is 1. The second-order valence-corrected chi connectivity index (χ2v) is 9.07. The molecule has 26 heavy (non-hydrogen) atoms. The summed E-state index contributed by atoms with van der Waals surface area (Å²) < 4.78 is 33.4. The molecule has 3 heterocycles. The first-order valence-corrected chi connectivity index (χ1v) is 10.7. The third kappa shape index (κ3) is 3.78. The predicted octanol–water partition coefficient (Wildman–Crippen LogP) is 0.720. The molecule has 3 saturated heterocycles. The van der Waals surface area contributed by atoms with Crippen LogP contribution in [-0.2, 0) is 14.8 Å². The molecule has 2 N–H and O–H groups in total. The smallest absolute Gasteiger partial charge is 0.254 e. The van der Waals surface area contributed by atoms with E-state index in [1.165, 1.54) is 12.1 Å². The van der Waals surface area contributed by atoms with E-state index in [0.717, 1.165) is 25.7 Å². The van der Waals surface area contributed by atoms with Crippen LogP contribution in [0.2, 0.25) is 0 Å². The molecule has 1 amide bonds. The van der Waals surface area contributed by atoms with Crippen LogP contribution in [0.1, 0.15) is 36.0 Å². The number of morpholine rings is 1. The van der Waals surface area contributed by atoms with Crippen molar-refractivity contribution in [2.45, 2.75) is 48.7 Å². The molecule has 0 saturated carbocycles. The fourth-order valence-electron chi connectivity index (χ4n) is 4.17. The normalized spacial score (nSPS) is 28.9. The molecule has 1 aromatic rings. The minimum Gasteiger partial charge on any atom is -0.378 e. The van der Waals surface area contributed by atoms with E-state index in [9.17, 15) is 13.2 Å². The van der Waals surface area contributed by atoms with Crippen LogP contribution >= 0.6 is 0 Å². The predicted molar refractivity (Wildman–Crippen MR) is 96.5 cm³/mol. The van der Waals surface area contributed by atoms with Gasteiger partial charge in [-0.2, -0.15) is 0 Å². The molecule has 0 aromatic heterocycles. The monoisotopic (exact) mass is 379 g/mol. The summed E-state index contributed by atoms with van der Waals surface area (Å²) in [7, 11) is -3.57. The maximum atomic E-state index is 12.7. The molecule has 4 rings (SSSR count).